The van der Waals surface area contributed by atoms with E-state index in [0.29, 0.717) is 6.54 Å². The molecule has 0 aromatic carbocycles. The van der Waals surface area contributed by atoms with Crippen LogP contribution in [0.3, 0.4) is 0 Å². The van der Waals surface area contributed by atoms with Crippen molar-refractivity contribution in [3.8, 4) is 0 Å². The van der Waals surface area contributed by atoms with Crippen LogP contribution in [0.5, 0.6) is 0 Å². The van der Waals surface area contributed by atoms with Crippen molar-refractivity contribution < 1.29 is 14.7 Å². The molecule has 3 N–H and O–H groups in total. The monoisotopic (exact) mass is 299 g/mol. The third-order valence-electron chi connectivity index (χ3n) is 3.96. The molecule has 2 atom stereocenters. The molecule has 6 nitrogen and oxygen atoms in total. The minimum Gasteiger partial charge on any atom is -0.480 e. The van der Waals surface area contributed by atoms with Crippen LogP contribution in [0.4, 0.5) is 4.79 Å². The number of hydrogen-bond acceptors (Lipinski definition) is 3. The lowest BCUT2D eigenvalue weighted by Gasteiger charge is -2.33. The highest BCUT2D eigenvalue weighted by Crippen LogP contribution is 2.19. The highest BCUT2D eigenvalue weighted by atomic mass is 16.4. The molecular weight excluding hydrogens is 270 g/mol. The molecule has 1 aliphatic rings. The van der Waals surface area contributed by atoms with Crippen molar-refractivity contribution in [3.05, 3.63) is 0 Å². The van der Waals surface area contributed by atoms with Gasteiger partial charge in [-0.05, 0) is 38.3 Å². The summed E-state index contributed by atoms with van der Waals surface area (Å²) in [6, 6.07) is -1.04. The van der Waals surface area contributed by atoms with Gasteiger partial charge in [0, 0.05) is 12.6 Å². The molecule has 1 saturated heterocycles. The van der Waals surface area contributed by atoms with Crippen LogP contribution in [0.2, 0.25) is 0 Å². The number of amides is 2. The Hall–Kier alpha value is -1.30. The quantitative estimate of drug-likeness (QED) is 0.721. The molecule has 1 heterocycles. The fourth-order valence-corrected chi connectivity index (χ4v) is 2.56. The van der Waals surface area contributed by atoms with Gasteiger partial charge >= 0.3 is 12.0 Å². The number of carbonyl (C=O) groups is 2. The lowest BCUT2D eigenvalue weighted by molar-refractivity contribution is -0.141. The number of urea groups is 1. The van der Waals surface area contributed by atoms with Crippen LogP contribution in [0.25, 0.3) is 0 Å². The Morgan fingerprint density at radius 1 is 1.19 bits per heavy atom. The predicted molar refractivity (Wildman–Crippen MR) is 82.3 cm³/mol. The number of hydrogen-bond donors (Lipinski definition) is 3. The average molecular weight is 299 g/mol. The lowest BCUT2D eigenvalue weighted by atomic mass is 9.87. The number of carbonyl (C=O) groups excluding carboxylic acids is 1. The van der Waals surface area contributed by atoms with E-state index in [1.807, 2.05) is 0 Å². The Kier molecular flexibility index (Phi) is 6.45. The molecule has 2 unspecified atom stereocenters. The largest absolute Gasteiger partial charge is 0.480 e. The maximum atomic E-state index is 11.9. The van der Waals surface area contributed by atoms with Crippen molar-refractivity contribution in [2.24, 2.45) is 5.41 Å². The fraction of sp³-hybridized carbons (Fsp3) is 0.867. The van der Waals surface area contributed by atoms with E-state index < -0.39 is 23.5 Å². The fourth-order valence-electron chi connectivity index (χ4n) is 2.56. The Balaban J connectivity index is 2.40. The molecule has 0 spiro atoms. The molecule has 6 heteroatoms. The Bertz CT molecular complexity index is 360. The molecule has 0 aromatic rings. The van der Waals surface area contributed by atoms with Crippen LogP contribution in [0, 0.1) is 5.41 Å². The molecule has 0 radical (unpaired) electrons. The number of nitrogens with zero attached hydrogens (tertiary/aromatic N) is 1. The standard InChI is InChI=1S/C15H29N3O3/c1-11(18-8-6-5-7-9-18)10-16-14(21)17-12(13(19)20)15(2,3)4/h11-12H,5-10H2,1-4H3,(H,19,20)(H2,16,17,21). The number of likely N-dealkylation sites (tertiary alicyclic amines) is 1. The van der Waals surface area contributed by atoms with E-state index in [-0.39, 0.29) is 6.04 Å². The second-order valence-corrected chi connectivity index (χ2v) is 6.94. The van der Waals surface area contributed by atoms with Crippen molar-refractivity contribution in [3.63, 3.8) is 0 Å². The number of piperidine rings is 1. The first-order chi connectivity index (χ1) is 9.71. The van der Waals surface area contributed by atoms with E-state index in [0.717, 1.165) is 13.1 Å². The van der Waals surface area contributed by atoms with Gasteiger partial charge in [-0.25, -0.2) is 9.59 Å². The Morgan fingerprint density at radius 2 is 1.76 bits per heavy atom. The van der Waals surface area contributed by atoms with E-state index in [1.54, 1.807) is 20.8 Å². The van der Waals surface area contributed by atoms with Gasteiger partial charge in [0.1, 0.15) is 6.04 Å². The van der Waals surface area contributed by atoms with Gasteiger partial charge in [-0.2, -0.15) is 0 Å². The van der Waals surface area contributed by atoms with Crippen molar-refractivity contribution in [1.29, 1.82) is 0 Å². The molecule has 1 rings (SSSR count). The predicted octanol–water partition coefficient (Wildman–Crippen LogP) is 1.66. The van der Waals surface area contributed by atoms with Gasteiger partial charge in [0.05, 0.1) is 0 Å². The molecule has 0 aromatic heterocycles. The molecule has 21 heavy (non-hydrogen) atoms. The van der Waals surface area contributed by atoms with Crippen molar-refractivity contribution in [1.82, 2.24) is 15.5 Å². The smallest absolute Gasteiger partial charge is 0.326 e. The Labute approximate surface area is 127 Å². The second-order valence-electron chi connectivity index (χ2n) is 6.94. The molecule has 0 bridgehead atoms. The highest BCUT2D eigenvalue weighted by molar-refractivity contribution is 5.83. The number of aliphatic carboxylic acids is 1. The summed E-state index contributed by atoms with van der Waals surface area (Å²) in [5, 5.41) is 14.5. The Morgan fingerprint density at radius 3 is 2.24 bits per heavy atom. The molecule has 2 amide bonds. The third kappa shape index (κ3) is 5.91. The molecule has 0 saturated carbocycles. The maximum Gasteiger partial charge on any atom is 0.326 e. The summed E-state index contributed by atoms with van der Waals surface area (Å²) < 4.78 is 0. The summed E-state index contributed by atoms with van der Waals surface area (Å²) in [4.78, 5) is 25.5. The van der Waals surface area contributed by atoms with Gasteiger partial charge in [-0.15, -0.1) is 0 Å². The summed E-state index contributed by atoms with van der Waals surface area (Å²) in [6.07, 6.45) is 3.70. The van der Waals surface area contributed by atoms with Crippen LogP contribution < -0.4 is 10.6 Å². The van der Waals surface area contributed by atoms with Crippen molar-refractivity contribution in [2.75, 3.05) is 19.6 Å². The van der Waals surface area contributed by atoms with Gasteiger partial charge in [-0.1, -0.05) is 27.2 Å². The maximum absolute atomic E-state index is 11.9. The van der Waals surface area contributed by atoms with Crippen LogP contribution in [-0.2, 0) is 4.79 Å². The number of carboxylic acids is 1. The van der Waals surface area contributed by atoms with Gasteiger partial charge in [0.15, 0.2) is 0 Å². The van der Waals surface area contributed by atoms with Crippen molar-refractivity contribution in [2.45, 2.75) is 59.0 Å². The molecule has 122 valence electrons. The topological polar surface area (TPSA) is 81.7 Å². The first-order valence-corrected chi connectivity index (χ1v) is 7.73. The number of rotatable bonds is 5. The van der Waals surface area contributed by atoms with Crippen LogP contribution in [0.15, 0.2) is 0 Å². The SMILES string of the molecule is CC(CNC(=O)NC(C(=O)O)C(C)(C)C)N1CCCCC1. The van der Waals surface area contributed by atoms with Crippen LogP contribution >= 0.6 is 0 Å². The normalized spacial score (nSPS) is 19.6. The van der Waals surface area contributed by atoms with E-state index in [1.165, 1.54) is 19.3 Å². The number of carboxylic acid groups (broad SMARTS) is 1. The van der Waals surface area contributed by atoms with E-state index >= 15 is 0 Å². The minimum absolute atomic E-state index is 0.272. The van der Waals surface area contributed by atoms with E-state index in [4.69, 9.17) is 0 Å². The zero-order valence-electron chi connectivity index (χ0n) is 13.6. The first kappa shape index (κ1) is 17.8. The summed E-state index contributed by atoms with van der Waals surface area (Å²) in [7, 11) is 0. The summed E-state index contributed by atoms with van der Waals surface area (Å²) in [5.41, 5.74) is -0.526. The summed E-state index contributed by atoms with van der Waals surface area (Å²) >= 11 is 0. The lowest BCUT2D eigenvalue weighted by Crippen LogP contribution is -2.54. The van der Waals surface area contributed by atoms with Gasteiger partial charge in [0.2, 0.25) is 0 Å². The molecular formula is C15H29N3O3. The summed E-state index contributed by atoms with van der Waals surface area (Å²) in [6.45, 7) is 10.1. The number of nitrogens with one attached hydrogen (secondary N) is 2. The van der Waals surface area contributed by atoms with Crippen LogP contribution in [-0.4, -0.2) is 53.7 Å². The first-order valence-electron chi connectivity index (χ1n) is 7.73. The zero-order chi connectivity index (χ0) is 16.0. The van der Waals surface area contributed by atoms with E-state index in [9.17, 15) is 14.7 Å². The molecule has 1 aliphatic heterocycles. The minimum atomic E-state index is -1.01. The van der Waals surface area contributed by atoms with Gasteiger partial charge in [-0.3, -0.25) is 4.90 Å². The molecule has 0 aliphatic carbocycles. The van der Waals surface area contributed by atoms with E-state index in [2.05, 4.69) is 22.5 Å². The molecule has 1 fully saturated rings. The van der Waals surface area contributed by atoms with Crippen LogP contribution in [0.1, 0.15) is 47.0 Å². The second kappa shape index (κ2) is 7.64. The van der Waals surface area contributed by atoms with Crippen molar-refractivity contribution >= 4 is 12.0 Å². The highest BCUT2D eigenvalue weighted by Gasteiger charge is 2.32. The third-order valence-corrected chi connectivity index (χ3v) is 3.96. The summed E-state index contributed by atoms with van der Waals surface area (Å²) in [5.74, 6) is -1.01. The average Bonchev–Trinajstić information content (AvgIpc) is 2.41. The van der Waals surface area contributed by atoms with Gasteiger partial charge in [0.25, 0.3) is 0 Å². The van der Waals surface area contributed by atoms with Gasteiger partial charge < -0.3 is 15.7 Å². The zero-order valence-corrected chi connectivity index (χ0v) is 13.6.